The van der Waals surface area contributed by atoms with Crippen molar-refractivity contribution in [2.24, 2.45) is 0 Å². The normalized spacial score (nSPS) is 34.0. The Balaban J connectivity index is 1.52. The van der Waals surface area contributed by atoms with Crippen molar-refractivity contribution in [1.29, 1.82) is 0 Å². The van der Waals surface area contributed by atoms with Crippen LogP contribution in [-0.2, 0) is 9.53 Å². The monoisotopic (exact) mass is 323 g/mol. The number of hydrogen-bond donors (Lipinski definition) is 1. The SMILES string of the molecule is CN1[C@H]2CC[C@H]1CC(NC(=O)[C@H]1CCN1C(=O)OC(C)(C)C)C2. The molecule has 3 atom stereocenters. The number of nitrogens with one attached hydrogen (secondary N) is 1. The van der Waals surface area contributed by atoms with Gasteiger partial charge in [-0.15, -0.1) is 0 Å². The summed E-state index contributed by atoms with van der Waals surface area (Å²) in [7, 11) is 2.19. The van der Waals surface area contributed by atoms with E-state index in [1.807, 2.05) is 20.8 Å². The molecule has 6 heteroatoms. The number of likely N-dealkylation sites (tertiary alicyclic amines) is 1. The number of nitrogens with zero attached hydrogens (tertiary/aromatic N) is 2. The van der Waals surface area contributed by atoms with Crippen molar-refractivity contribution in [2.45, 2.75) is 82.6 Å². The Morgan fingerprint density at radius 2 is 1.70 bits per heavy atom. The van der Waals surface area contributed by atoms with Crippen molar-refractivity contribution in [3.8, 4) is 0 Å². The molecule has 0 unspecified atom stereocenters. The van der Waals surface area contributed by atoms with Crippen LogP contribution in [0.2, 0.25) is 0 Å². The molecule has 0 radical (unpaired) electrons. The molecule has 0 aromatic rings. The molecule has 3 heterocycles. The van der Waals surface area contributed by atoms with Crippen LogP contribution in [0.3, 0.4) is 0 Å². The van der Waals surface area contributed by atoms with Crippen molar-refractivity contribution in [1.82, 2.24) is 15.1 Å². The van der Waals surface area contributed by atoms with Crippen LogP contribution in [0.4, 0.5) is 4.79 Å². The molecule has 0 aromatic heterocycles. The summed E-state index contributed by atoms with van der Waals surface area (Å²) in [6, 6.07) is 1.09. The van der Waals surface area contributed by atoms with Crippen molar-refractivity contribution in [3.63, 3.8) is 0 Å². The molecule has 3 fully saturated rings. The van der Waals surface area contributed by atoms with Gasteiger partial charge in [-0.1, -0.05) is 0 Å². The van der Waals surface area contributed by atoms with Crippen LogP contribution in [0.25, 0.3) is 0 Å². The first-order valence-corrected chi connectivity index (χ1v) is 8.76. The minimum atomic E-state index is -0.527. The fourth-order valence-corrected chi connectivity index (χ4v) is 4.03. The van der Waals surface area contributed by atoms with Gasteiger partial charge in [0.25, 0.3) is 0 Å². The van der Waals surface area contributed by atoms with Crippen molar-refractivity contribution in [2.75, 3.05) is 13.6 Å². The first kappa shape index (κ1) is 16.6. The minimum Gasteiger partial charge on any atom is -0.444 e. The maximum absolute atomic E-state index is 12.5. The average Bonchev–Trinajstić information content (AvgIpc) is 2.57. The predicted octanol–water partition coefficient (Wildman–Crippen LogP) is 1.74. The van der Waals surface area contributed by atoms with Crippen LogP contribution in [0, 0.1) is 0 Å². The van der Waals surface area contributed by atoms with Crippen LogP contribution >= 0.6 is 0 Å². The highest BCUT2D eigenvalue weighted by Gasteiger charge is 2.43. The van der Waals surface area contributed by atoms with Crippen LogP contribution < -0.4 is 5.32 Å². The number of carbonyl (C=O) groups excluding carboxylic acids is 2. The molecule has 2 amide bonds. The Hall–Kier alpha value is -1.30. The second-order valence-electron chi connectivity index (χ2n) is 8.21. The zero-order valence-corrected chi connectivity index (χ0v) is 14.7. The summed E-state index contributed by atoms with van der Waals surface area (Å²) in [5.74, 6) is -0.0175. The summed E-state index contributed by atoms with van der Waals surface area (Å²) in [6.07, 6.45) is 4.87. The molecule has 3 aliphatic heterocycles. The molecule has 3 aliphatic rings. The van der Waals surface area contributed by atoms with E-state index in [1.165, 1.54) is 12.8 Å². The maximum Gasteiger partial charge on any atom is 0.410 e. The molecule has 0 saturated carbocycles. The van der Waals surface area contributed by atoms with E-state index in [0.717, 1.165) is 19.3 Å². The van der Waals surface area contributed by atoms with Gasteiger partial charge >= 0.3 is 6.09 Å². The lowest BCUT2D eigenvalue weighted by Gasteiger charge is -2.42. The second kappa shape index (κ2) is 5.96. The summed E-state index contributed by atoms with van der Waals surface area (Å²) in [4.78, 5) is 28.6. The van der Waals surface area contributed by atoms with Gasteiger partial charge in [-0.05, 0) is 59.9 Å². The first-order valence-electron chi connectivity index (χ1n) is 8.76. The number of carbonyl (C=O) groups is 2. The highest BCUT2D eigenvalue weighted by Crippen LogP contribution is 2.34. The van der Waals surface area contributed by atoms with Gasteiger partial charge in [0.15, 0.2) is 0 Å². The molecule has 23 heavy (non-hydrogen) atoms. The summed E-state index contributed by atoms with van der Waals surface area (Å²) in [6.45, 7) is 6.13. The van der Waals surface area contributed by atoms with E-state index >= 15 is 0 Å². The number of rotatable bonds is 2. The predicted molar refractivity (Wildman–Crippen MR) is 87.1 cm³/mol. The number of hydrogen-bond acceptors (Lipinski definition) is 4. The molecular formula is C17H29N3O3. The smallest absolute Gasteiger partial charge is 0.410 e. The zero-order chi connectivity index (χ0) is 16.8. The van der Waals surface area contributed by atoms with E-state index in [0.29, 0.717) is 18.6 Å². The van der Waals surface area contributed by atoms with E-state index in [9.17, 15) is 9.59 Å². The fraction of sp³-hybridized carbons (Fsp3) is 0.882. The number of ether oxygens (including phenoxy) is 1. The molecule has 3 saturated heterocycles. The fourth-order valence-electron chi connectivity index (χ4n) is 4.03. The number of piperidine rings is 1. The van der Waals surface area contributed by atoms with Gasteiger partial charge < -0.3 is 15.0 Å². The van der Waals surface area contributed by atoms with Crippen LogP contribution in [0.5, 0.6) is 0 Å². The quantitative estimate of drug-likeness (QED) is 0.841. The van der Waals surface area contributed by atoms with Gasteiger partial charge in [0.2, 0.25) is 5.91 Å². The molecule has 0 spiro atoms. The second-order valence-corrected chi connectivity index (χ2v) is 8.21. The standard InChI is InChI=1S/C17H29N3O3/c1-17(2,3)23-16(22)20-8-7-14(20)15(21)18-11-9-12-5-6-13(10-11)19(12)4/h11-14H,5-10H2,1-4H3,(H,18,21)/t12-,13-,14+/m0/s1. The average molecular weight is 323 g/mol. The van der Waals surface area contributed by atoms with Gasteiger partial charge in [-0.25, -0.2) is 4.79 Å². The Labute approximate surface area is 138 Å². The van der Waals surface area contributed by atoms with Crippen LogP contribution in [-0.4, -0.2) is 65.2 Å². The van der Waals surface area contributed by atoms with Crippen molar-refractivity contribution >= 4 is 12.0 Å². The van der Waals surface area contributed by atoms with E-state index in [4.69, 9.17) is 4.74 Å². The molecule has 130 valence electrons. The van der Waals surface area contributed by atoms with E-state index in [2.05, 4.69) is 17.3 Å². The van der Waals surface area contributed by atoms with E-state index in [1.54, 1.807) is 4.90 Å². The topological polar surface area (TPSA) is 61.9 Å². The third-order valence-corrected chi connectivity index (χ3v) is 5.39. The first-order chi connectivity index (χ1) is 10.7. The maximum atomic E-state index is 12.5. The highest BCUT2D eigenvalue weighted by atomic mass is 16.6. The summed E-state index contributed by atoms with van der Waals surface area (Å²) in [5, 5.41) is 3.17. The summed E-state index contributed by atoms with van der Waals surface area (Å²) >= 11 is 0. The Morgan fingerprint density at radius 3 is 2.17 bits per heavy atom. The lowest BCUT2D eigenvalue weighted by molar-refractivity contribution is -0.131. The zero-order valence-electron chi connectivity index (χ0n) is 14.7. The largest absolute Gasteiger partial charge is 0.444 e. The summed E-state index contributed by atoms with van der Waals surface area (Å²) < 4.78 is 5.37. The van der Waals surface area contributed by atoms with Gasteiger partial charge in [-0.3, -0.25) is 9.69 Å². The van der Waals surface area contributed by atoms with Crippen LogP contribution in [0.1, 0.15) is 52.9 Å². The van der Waals surface area contributed by atoms with Crippen molar-refractivity contribution in [3.05, 3.63) is 0 Å². The number of amides is 2. The third-order valence-electron chi connectivity index (χ3n) is 5.39. The van der Waals surface area contributed by atoms with Gasteiger partial charge in [0.05, 0.1) is 0 Å². The molecular weight excluding hydrogens is 294 g/mol. The highest BCUT2D eigenvalue weighted by molar-refractivity contribution is 5.87. The molecule has 0 aliphatic carbocycles. The van der Waals surface area contributed by atoms with Crippen LogP contribution in [0.15, 0.2) is 0 Å². The number of fused-ring (bicyclic) bond motifs is 2. The molecule has 0 aromatic carbocycles. The Morgan fingerprint density at radius 1 is 1.09 bits per heavy atom. The van der Waals surface area contributed by atoms with E-state index < -0.39 is 5.60 Å². The molecule has 6 nitrogen and oxygen atoms in total. The van der Waals surface area contributed by atoms with Crippen molar-refractivity contribution < 1.29 is 14.3 Å². The Kier molecular flexibility index (Phi) is 4.29. The van der Waals surface area contributed by atoms with Gasteiger partial charge in [0.1, 0.15) is 11.6 Å². The third kappa shape index (κ3) is 3.47. The van der Waals surface area contributed by atoms with Gasteiger partial charge in [-0.2, -0.15) is 0 Å². The molecule has 1 N–H and O–H groups in total. The van der Waals surface area contributed by atoms with E-state index in [-0.39, 0.29) is 24.1 Å². The minimum absolute atomic E-state index is 0.0175. The summed E-state index contributed by atoms with van der Waals surface area (Å²) in [5.41, 5.74) is -0.527. The lowest BCUT2D eigenvalue weighted by atomic mass is 9.96. The lowest BCUT2D eigenvalue weighted by Crippen LogP contribution is -2.61. The Bertz CT molecular complexity index is 474. The molecule has 2 bridgehead atoms. The molecule has 3 rings (SSSR count). The van der Waals surface area contributed by atoms with Gasteiger partial charge in [0, 0.05) is 24.7 Å².